The van der Waals surface area contributed by atoms with Gasteiger partial charge in [-0.1, -0.05) is 27.2 Å². The normalized spacial score (nSPS) is 14.5. The van der Waals surface area contributed by atoms with Crippen molar-refractivity contribution in [1.29, 1.82) is 0 Å². The van der Waals surface area contributed by atoms with Crippen molar-refractivity contribution in [3.8, 4) is 0 Å². The van der Waals surface area contributed by atoms with Crippen LogP contribution in [0.3, 0.4) is 0 Å². The van der Waals surface area contributed by atoms with Crippen LogP contribution in [0.5, 0.6) is 0 Å². The Morgan fingerprint density at radius 2 is 2.00 bits per heavy atom. The molecule has 0 spiro atoms. The van der Waals surface area contributed by atoms with Gasteiger partial charge in [-0.05, 0) is 12.8 Å². The summed E-state index contributed by atoms with van der Waals surface area (Å²) in [6.07, 6.45) is 1.95. The van der Waals surface area contributed by atoms with Gasteiger partial charge in [0.25, 0.3) is 0 Å². The van der Waals surface area contributed by atoms with Gasteiger partial charge >= 0.3 is 0 Å². The molecule has 90 valence electrons. The second-order valence-electron chi connectivity index (χ2n) is 4.27. The molecule has 1 rings (SSSR count). The van der Waals surface area contributed by atoms with E-state index in [0.717, 1.165) is 24.5 Å². The smallest absolute Gasteiger partial charge is 0.132 e. The molecule has 0 aromatic carbocycles. The number of aromatic nitrogens is 2. The van der Waals surface area contributed by atoms with Gasteiger partial charge in [0.15, 0.2) is 0 Å². The van der Waals surface area contributed by atoms with Gasteiger partial charge in [-0.15, -0.1) is 0 Å². The van der Waals surface area contributed by atoms with E-state index >= 15 is 0 Å². The Morgan fingerprint density at radius 3 is 2.56 bits per heavy atom. The van der Waals surface area contributed by atoms with E-state index in [9.17, 15) is 0 Å². The van der Waals surface area contributed by atoms with Crippen LogP contribution >= 0.6 is 0 Å². The maximum Gasteiger partial charge on any atom is 0.132 e. The van der Waals surface area contributed by atoms with Crippen molar-refractivity contribution in [3.63, 3.8) is 0 Å². The Kier molecular flexibility index (Phi) is 4.52. The summed E-state index contributed by atoms with van der Waals surface area (Å²) in [6, 6.07) is 2.18. The van der Waals surface area contributed by atoms with Crippen molar-refractivity contribution in [3.05, 3.63) is 11.9 Å². The van der Waals surface area contributed by atoms with E-state index in [0.29, 0.717) is 17.8 Å². The predicted octanol–water partition coefficient (Wildman–Crippen LogP) is 2.47. The number of hydrogen-bond donors (Lipinski definition) is 2. The molecule has 1 aromatic rings. The Hall–Kier alpha value is -1.32. The molecule has 16 heavy (non-hydrogen) atoms. The number of aryl methyl sites for hydroxylation is 1. The largest absolute Gasteiger partial charge is 0.384 e. The van der Waals surface area contributed by atoms with Crippen molar-refractivity contribution in [2.24, 2.45) is 5.92 Å². The predicted molar refractivity (Wildman–Crippen MR) is 68.4 cm³/mol. The average molecular weight is 222 g/mol. The Bertz CT molecular complexity index is 338. The van der Waals surface area contributed by atoms with Crippen molar-refractivity contribution in [1.82, 2.24) is 9.97 Å². The Morgan fingerprint density at radius 1 is 1.31 bits per heavy atom. The van der Waals surface area contributed by atoms with Crippen molar-refractivity contribution in [2.45, 2.75) is 46.6 Å². The minimum Gasteiger partial charge on any atom is -0.384 e. The van der Waals surface area contributed by atoms with Gasteiger partial charge in [0, 0.05) is 18.5 Å². The molecular formula is C12H22N4. The average Bonchev–Trinajstić information content (AvgIpc) is 2.26. The van der Waals surface area contributed by atoms with E-state index in [1.165, 1.54) is 0 Å². The molecule has 0 saturated heterocycles. The minimum absolute atomic E-state index is 0.393. The van der Waals surface area contributed by atoms with E-state index in [1.807, 2.05) is 6.92 Å². The molecule has 2 atom stereocenters. The van der Waals surface area contributed by atoms with Gasteiger partial charge in [-0.2, -0.15) is 0 Å². The monoisotopic (exact) mass is 222 g/mol. The van der Waals surface area contributed by atoms with Crippen LogP contribution in [0.15, 0.2) is 6.07 Å². The third kappa shape index (κ3) is 3.36. The molecule has 1 heterocycles. The SMILES string of the molecule is CCc1nc(N)cc(NC(C)C(C)CC)n1. The summed E-state index contributed by atoms with van der Waals surface area (Å²) < 4.78 is 0. The van der Waals surface area contributed by atoms with Crippen molar-refractivity contribution < 1.29 is 0 Å². The zero-order chi connectivity index (χ0) is 12.1. The van der Waals surface area contributed by atoms with Crippen LogP contribution in [0, 0.1) is 5.92 Å². The first-order valence-corrected chi connectivity index (χ1v) is 5.96. The maximum absolute atomic E-state index is 5.73. The van der Waals surface area contributed by atoms with E-state index in [1.54, 1.807) is 6.07 Å². The summed E-state index contributed by atoms with van der Waals surface area (Å²) in [7, 11) is 0. The standard InChI is InChI=1S/C12H22N4/c1-5-8(3)9(4)14-12-7-10(13)15-11(6-2)16-12/h7-9H,5-6H2,1-4H3,(H3,13,14,15,16). The summed E-state index contributed by atoms with van der Waals surface area (Å²) in [5, 5.41) is 3.38. The number of nitrogens with two attached hydrogens (primary N) is 1. The lowest BCUT2D eigenvalue weighted by Gasteiger charge is -2.20. The number of nitrogens with zero attached hydrogens (tertiary/aromatic N) is 2. The lowest BCUT2D eigenvalue weighted by Crippen LogP contribution is -2.24. The molecule has 0 aliphatic rings. The second kappa shape index (κ2) is 5.68. The fourth-order valence-electron chi connectivity index (χ4n) is 1.48. The van der Waals surface area contributed by atoms with Gasteiger partial charge in [0.1, 0.15) is 17.5 Å². The lowest BCUT2D eigenvalue weighted by atomic mass is 10.0. The Labute approximate surface area is 97.7 Å². The van der Waals surface area contributed by atoms with Crippen LogP contribution in [-0.4, -0.2) is 16.0 Å². The van der Waals surface area contributed by atoms with Crippen LogP contribution in [-0.2, 0) is 6.42 Å². The third-order valence-corrected chi connectivity index (χ3v) is 2.98. The number of hydrogen-bond acceptors (Lipinski definition) is 4. The molecule has 0 amide bonds. The van der Waals surface area contributed by atoms with Crippen LogP contribution < -0.4 is 11.1 Å². The van der Waals surface area contributed by atoms with Gasteiger partial charge in [-0.3, -0.25) is 0 Å². The summed E-state index contributed by atoms with van der Waals surface area (Å²) >= 11 is 0. The van der Waals surface area contributed by atoms with Gasteiger partial charge in [0.05, 0.1) is 0 Å². The van der Waals surface area contributed by atoms with Crippen LogP contribution in [0.1, 0.15) is 39.9 Å². The number of rotatable bonds is 5. The molecule has 0 bridgehead atoms. The molecule has 4 nitrogen and oxygen atoms in total. The highest BCUT2D eigenvalue weighted by atomic mass is 15.1. The second-order valence-corrected chi connectivity index (χ2v) is 4.27. The molecule has 2 unspecified atom stereocenters. The lowest BCUT2D eigenvalue weighted by molar-refractivity contribution is 0.493. The fourth-order valence-corrected chi connectivity index (χ4v) is 1.48. The van der Waals surface area contributed by atoms with Crippen molar-refractivity contribution in [2.75, 3.05) is 11.1 Å². The van der Waals surface area contributed by atoms with Crippen molar-refractivity contribution >= 4 is 11.6 Å². The number of anilines is 2. The van der Waals surface area contributed by atoms with Crippen LogP contribution in [0.2, 0.25) is 0 Å². The zero-order valence-corrected chi connectivity index (χ0v) is 10.6. The maximum atomic E-state index is 5.73. The highest BCUT2D eigenvalue weighted by molar-refractivity contribution is 5.45. The minimum atomic E-state index is 0.393. The van der Waals surface area contributed by atoms with Gasteiger partial charge < -0.3 is 11.1 Å². The van der Waals surface area contributed by atoms with Crippen LogP contribution in [0.4, 0.5) is 11.6 Å². The molecule has 4 heteroatoms. The molecule has 0 saturated carbocycles. The number of nitrogens with one attached hydrogen (secondary N) is 1. The summed E-state index contributed by atoms with van der Waals surface area (Å²) in [5.41, 5.74) is 5.73. The number of nitrogen functional groups attached to an aromatic ring is 1. The first-order chi connectivity index (χ1) is 7.56. The summed E-state index contributed by atoms with van der Waals surface area (Å²) in [4.78, 5) is 8.56. The third-order valence-electron chi connectivity index (χ3n) is 2.98. The van der Waals surface area contributed by atoms with Gasteiger partial charge in [0.2, 0.25) is 0 Å². The van der Waals surface area contributed by atoms with Gasteiger partial charge in [-0.25, -0.2) is 9.97 Å². The Balaban J connectivity index is 2.76. The van der Waals surface area contributed by atoms with Crippen LogP contribution in [0.25, 0.3) is 0 Å². The molecule has 0 fully saturated rings. The van der Waals surface area contributed by atoms with E-state index in [-0.39, 0.29) is 0 Å². The molecule has 0 aliphatic heterocycles. The molecule has 1 aromatic heterocycles. The molecule has 0 radical (unpaired) electrons. The topological polar surface area (TPSA) is 63.8 Å². The first-order valence-electron chi connectivity index (χ1n) is 5.96. The molecular weight excluding hydrogens is 200 g/mol. The molecule has 0 aliphatic carbocycles. The molecule has 3 N–H and O–H groups in total. The first kappa shape index (κ1) is 12.7. The van der Waals surface area contributed by atoms with E-state index in [2.05, 4.69) is 36.1 Å². The van der Waals surface area contributed by atoms with E-state index < -0.39 is 0 Å². The summed E-state index contributed by atoms with van der Waals surface area (Å²) in [6.45, 7) is 8.60. The zero-order valence-electron chi connectivity index (χ0n) is 10.6. The van der Waals surface area contributed by atoms with E-state index in [4.69, 9.17) is 5.73 Å². The summed E-state index contributed by atoms with van der Waals surface area (Å²) in [5.74, 6) is 2.77. The fraction of sp³-hybridized carbons (Fsp3) is 0.667. The quantitative estimate of drug-likeness (QED) is 0.803. The highest BCUT2D eigenvalue weighted by Crippen LogP contribution is 2.15. The highest BCUT2D eigenvalue weighted by Gasteiger charge is 2.11.